The van der Waals surface area contributed by atoms with Crippen molar-refractivity contribution in [2.24, 2.45) is 17.6 Å². The number of rotatable bonds is 7. The molecule has 0 spiro atoms. The Morgan fingerprint density at radius 1 is 1.38 bits per heavy atom. The molecule has 2 rings (SSSR count). The SMILES string of the molecule is CCCN(CC1CC1)C(=O)C[C@@H](N)C1CC1. The number of nitrogens with two attached hydrogens (primary N) is 1. The minimum Gasteiger partial charge on any atom is -0.342 e. The van der Waals surface area contributed by atoms with Crippen molar-refractivity contribution in [2.75, 3.05) is 13.1 Å². The molecule has 1 amide bonds. The lowest BCUT2D eigenvalue weighted by atomic mass is 10.1. The van der Waals surface area contributed by atoms with Gasteiger partial charge in [0.05, 0.1) is 0 Å². The first-order chi connectivity index (χ1) is 7.70. The van der Waals surface area contributed by atoms with Gasteiger partial charge in [-0.1, -0.05) is 6.92 Å². The highest BCUT2D eigenvalue weighted by Gasteiger charge is 2.32. The molecule has 2 N–H and O–H groups in total. The Bertz CT molecular complexity index is 246. The van der Waals surface area contributed by atoms with E-state index in [9.17, 15) is 4.79 Å². The first-order valence-electron chi connectivity index (χ1n) is 6.74. The first-order valence-corrected chi connectivity index (χ1v) is 6.74. The lowest BCUT2D eigenvalue weighted by molar-refractivity contribution is -0.132. The monoisotopic (exact) mass is 224 g/mol. The Kier molecular flexibility index (Phi) is 3.85. The van der Waals surface area contributed by atoms with Gasteiger partial charge in [0.2, 0.25) is 5.91 Å². The average Bonchev–Trinajstić information content (AvgIpc) is 3.11. The maximum Gasteiger partial charge on any atom is 0.224 e. The molecule has 0 aromatic carbocycles. The molecule has 2 fully saturated rings. The van der Waals surface area contributed by atoms with Gasteiger partial charge in [0, 0.05) is 25.6 Å². The van der Waals surface area contributed by atoms with Gasteiger partial charge in [-0.2, -0.15) is 0 Å². The van der Waals surface area contributed by atoms with Crippen LogP contribution in [0.3, 0.4) is 0 Å². The lowest BCUT2D eigenvalue weighted by Gasteiger charge is -2.23. The largest absolute Gasteiger partial charge is 0.342 e. The Labute approximate surface area is 98.4 Å². The highest BCUT2D eigenvalue weighted by atomic mass is 16.2. The van der Waals surface area contributed by atoms with Gasteiger partial charge in [-0.05, 0) is 43.9 Å². The summed E-state index contributed by atoms with van der Waals surface area (Å²) in [7, 11) is 0. The quantitative estimate of drug-likeness (QED) is 0.716. The molecule has 0 heterocycles. The maximum atomic E-state index is 12.1. The van der Waals surface area contributed by atoms with Gasteiger partial charge in [-0.25, -0.2) is 0 Å². The summed E-state index contributed by atoms with van der Waals surface area (Å²) in [5.41, 5.74) is 6.01. The van der Waals surface area contributed by atoms with E-state index in [1.54, 1.807) is 0 Å². The van der Waals surface area contributed by atoms with Crippen LogP contribution in [0.2, 0.25) is 0 Å². The van der Waals surface area contributed by atoms with Crippen LogP contribution in [-0.2, 0) is 4.79 Å². The van der Waals surface area contributed by atoms with Crippen molar-refractivity contribution in [1.29, 1.82) is 0 Å². The second-order valence-electron chi connectivity index (χ2n) is 5.49. The normalized spacial score (nSPS) is 21.9. The number of carbonyl (C=O) groups is 1. The molecule has 2 aliphatic carbocycles. The zero-order valence-corrected chi connectivity index (χ0v) is 10.3. The molecule has 0 saturated heterocycles. The van der Waals surface area contributed by atoms with Crippen LogP contribution in [0.5, 0.6) is 0 Å². The molecule has 0 aromatic rings. The van der Waals surface area contributed by atoms with Gasteiger partial charge >= 0.3 is 0 Å². The van der Waals surface area contributed by atoms with Gasteiger partial charge in [0.25, 0.3) is 0 Å². The zero-order chi connectivity index (χ0) is 11.5. The van der Waals surface area contributed by atoms with Crippen LogP contribution in [0.4, 0.5) is 0 Å². The zero-order valence-electron chi connectivity index (χ0n) is 10.3. The lowest BCUT2D eigenvalue weighted by Crippen LogP contribution is -2.38. The van der Waals surface area contributed by atoms with Gasteiger partial charge in [0.1, 0.15) is 0 Å². The molecule has 0 aliphatic heterocycles. The topological polar surface area (TPSA) is 46.3 Å². The van der Waals surface area contributed by atoms with E-state index in [4.69, 9.17) is 5.73 Å². The number of hydrogen-bond acceptors (Lipinski definition) is 2. The van der Waals surface area contributed by atoms with Crippen molar-refractivity contribution in [2.45, 2.75) is 51.5 Å². The molecular formula is C13H24N2O. The molecule has 3 nitrogen and oxygen atoms in total. The number of nitrogens with zero attached hydrogens (tertiary/aromatic N) is 1. The predicted octanol–water partition coefficient (Wildman–Crippen LogP) is 1.76. The number of hydrogen-bond donors (Lipinski definition) is 1. The molecule has 2 saturated carbocycles. The average molecular weight is 224 g/mol. The van der Waals surface area contributed by atoms with E-state index in [-0.39, 0.29) is 11.9 Å². The van der Waals surface area contributed by atoms with Crippen molar-refractivity contribution < 1.29 is 4.79 Å². The molecule has 1 atom stereocenters. The first kappa shape index (κ1) is 11.9. The summed E-state index contributed by atoms with van der Waals surface area (Å²) < 4.78 is 0. The Morgan fingerprint density at radius 3 is 2.56 bits per heavy atom. The van der Waals surface area contributed by atoms with Gasteiger partial charge in [-0.3, -0.25) is 4.79 Å². The van der Waals surface area contributed by atoms with Gasteiger partial charge in [-0.15, -0.1) is 0 Å². The minimum atomic E-state index is 0.117. The van der Waals surface area contributed by atoms with Crippen LogP contribution < -0.4 is 5.73 Å². The molecular weight excluding hydrogens is 200 g/mol. The van der Waals surface area contributed by atoms with E-state index in [1.807, 2.05) is 4.90 Å². The second-order valence-corrected chi connectivity index (χ2v) is 5.49. The van der Waals surface area contributed by atoms with E-state index in [2.05, 4.69) is 6.92 Å². The fourth-order valence-corrected chi connectivity index (χ4v) is 2.22. The van der Waals surface area contributed by atoms with E-state index >= 15 is 0 Å². The Hall–Kier alpha value is -0.570. The van der Waals surface area contributed by atoms with E-state index < -0.39 is 0 Å². The standard InChI is InChI=1S/C13H24N2O/c1-2-7-15(9-10-3-4-10)13(16)8-12(14)11-5-6-11/h10-12H,2-9,14H2,1H3/t12-/m1/s1. The smallest absolute Gasteiger partial charge is 0.224 e. The Balaban J connectivity index is 1.77. The molecule has 92 valence electrons. The van der Waals surface area contributed by atoms with Crippen molar-refractivity contribution >= 4 is 5.91 Å². The van der Waals surface area contributed by atoms with Crippen LogP contribution in [0.15, 0.2) is 0 Å². The molecule has 0 bridgehead atoms. The summed E-state index contributed by atoms with van der Waals surface area (Å²) in [5, 5.41) is 0. The highest BCUT2D eigenvalue weighted by molar-refractivity contribution is 5.77. The van der Waals surface area contributed by atoms with Crippen molar-refractivity contribution in [3.8, 4) is 0 Å². The Morgan fingerprint density at radius 2 is 2.06 bits per heavy atom. The summed E-state index contributed by atoms with van der Waals surface area (Å²) >= 11 is 0. The molecule has 0 radical (unpaired) electrons. The van der Waals surface area contributed by atoms with Crippen molar-refractivity contribution in [1.82, 2.24) is 4.90 Å². The van der Waals surface area contributed by atoms with Crippen LogP contribution in [0.1, 0.15) is 45.4 Å². The molecule has 2 aliphatic rings. The van der Waals surface area contributed by atoms with Gasteiger partial charge < -0.3 is 10.6 Å². The fourth-order valence-electron chi connectivity index (χ4n) is 2.22. The number of amides is 1. The van der Waals surface area contributed by atoms with Crippen LogP contribution in [0, 0.1) is 11.8 Å². The summed E-state index contributed by atoms with van der Waals surface area (Å²) in [6.07, 6.45) is 6.69. The van der Waals surface area contributed by atoms with Crippen LogP contribution >= 0.6 is 0 Å². The van der Waals surface area contributed by atoms with Crippen LogP contribution in [-0.4, -0.2) is 29.9 Å². The summed E-state index contributed by atoms with van der Waals surface area (Å²) in [4.78, 5) is 14.1. The summed E-state index contributed by atoms with van der Waals surface area (Å²) in [6, 6.07) is 0.117. The molecule has 16 heavy (non-hydrogen) atoms. The summed E-state index contributed by atoms with van der Waals surface area (Å²) in [5.74, 6) is 1.70. The third kappa shape index (κ3) is 3.48. The van der Waals surface area contributed by atoms with Crippen LogP contribution in [0.25, 0.3) is 0 Å². The predicted molar refractivity (Wildman–Crippen MR) is 64.9 cm³/mol. The third-order valence-electron chi connectivity index (χ3n) is 3.66. The van der Waals surface area contributed by atoms with E-state index in [0.29, 0.717) is 12.3 Å². The van der Waals surface area contributed by atoms with E-state index in [1.165, 1.54) is 25.7 Å². The molecule has 0 unspecified atom stereocenters. The highest BCUT2D eigenvalue weighted by Crippen LogP contribution is 2.33. The molecule has 3 heteroatoms. The maximum absolute atomic E-state index is 12.1. The fraction of sp³-hybridized carbons (Fsp3) is 0.923. The van der Waals surface area contributed by atoms with Crippen molar-refractivity contribution in [3.05, 3.63) is 0 Å². The number of carbonyl (C=O) groups excluding carboxylic acids is 1. The minimum absolute atomic E-state index is 0.117. The second kappa shape index (κ2) is 5.17. The van der Waals surface area contributed by atoms with Gasteiger partial charge in [0.15, 0.2) is 0 Å². The van der Waals surface area contributed by atoms with Crippen molar-refractivity contribution in [3.63, 3.8) is 0 Å². The molecule has 0 aromatic heterocycles. The summed E-state index contributed by atoms with van der Waals surface area (Å²) in [6.45, 7) is 4.02. The third-order valence-corrected chi connectivity index (χ3v) is 3.66. The van der Waals surface area contributed by atoms with E-state index in [0.717, 1.165) is 25.4 Å².